The normalized spacial score (nSPS) is 21.1. The van der Waals surface area contributed by atoms with E-state index >= 15 is 0 Å². The molecular weight excluding hydrogens is 336 g/mol. The van der Waals surface area contributed by atoms with Crippen LogP contribution in [0, 0.1) is 6.92 Å². The van der Waals surface area contributed by atoms with Crippen molar-refractivity contribution in [3.63, 3.8) is 0 Å². The maximum atomic E-state index is 12.5. The second kappa shape index (κ2) is 7.45. The van der Waals surface area contributed by atoms with Crippen LogP contribution in [0.1, 0.15) is 18.1 Å². The number of aryl methyl sites for hydroxylation is 1. The number of benzene rings is 1. The topological polar surface area (TPSA) is 49.9 Å². The van der Waals surface area contributed by atoms with Crippen LogP contribution >= 0.6 is 11.8 Å². The molecule has 2 fully saturated rings. The molecule has 1 atom stereocenters. The van der Waals surface area contributed by atoms with Crippen LogP contribution in [0.3, 0.4) is 0 Å². The first-order valence-electron chi connectivity index (χ1n) is 8.34. The third-order valence-electron chi connectivity index (χ3n) is 4.49. The van der Waals surface area contributed by atoms with Crippen molar-refractivity contribution >= 4 is 34.7 Å². The van der Waals surface area contributed by atoms with E-state index in [4.69, 9.17) is 4.74 Å². The number of anilines is 1. The van der Waals surface area contributed by atoms with Gasteiger partial charge in [0.2, 0.25) is 0 Å². The van der Waals surface area contributed by atoms with Crippen molar-refractivity contribution in [2.75, 3.05) is 31.2 Å². The highest BCUT2D eigenvalue weighted by atomic mass is 32.2. The lowest BCUT2D eigenvalue weighted by molar-refractivity contribution is -0.123. The van der Waals surface area contributed by atoms with Gasteiger partial charge in [0.1, 0.15) is 0 Å². The van der Waals surface area contributed by atoms with Crippen LogP contribution in [0.5, 0.6) is 0 Å². The van der Waals surface area contributed by atoms with E-state index < -0.39 is 0 Å². The summed E-state index contributed by atoms with van der Waals surface area (Å²) in [5.41, 5.74) is 3.19. The molecular formula is C19H22N2O3S. The van der Waals surface area contributed by atoms with Gasteiger partial charge in [-0.1, -0.05) is 12.1 Å². The molecule has 1 aromatic rings. The third-order valence-corrected chi connectivity index (χ3v) is 5.37. The van der Waals surface area contributed by atoms with E-state index in [-0.39, 0.29) is 17.2 Å². The van der Waals surface area contributed by atoms with Crippen molar-refractivity contribution in [1.82, 2.24) is 4.90 Å². The number of morpholine rings is 1. The van der Waals surface area contributed by atoms with Gasteiger partial charge in [-0.15, -0.1) is 6.58 Å². The number of carbonyl (C=O) groups is 2. The quantitative estimate of drug-likeness (QED) is 0.609. The number of thioether (sulfide) groups is 1. The van der Waals surface area contributed by atoms with Crippen molar-refractivity contribution in [1.29, 1.82) is 0 Å². The fourth-order valence-corrected chi connectivity index (χ4v) is 3.82. The number of rotatable bonds is 4. The van der Waals surface area contributed by atoms with Gasteiger partial charge in [0, 0.05) is 18.8 Å². The summed E-state index contributed by atoms with van der Waals surface area (Å²) in [4.78, 5) is 28.6. The smallest absolute Gasteiger partial charge is 0.294 e. The van der Waals surface area contributed by atoms with E-state index in [2.05, 4.69) is 23.6 Å². The van der Waals surface area contributed by atoms with Gasteiger partial charge in [-0.05, 0) is 54.9 Å². The largest absolute Gasteiger partial charge is 0.378 e. The lowest BCUT2D eigenvalue weighted by Gasteiger charge is -2.29. The second-order valence-corrected chi connectivity index (χ2v) is 7.16. The number of imide groups is 1. The van der Waals surface area contributed by atoms with Crippen LogP contribution in [0.25, 0.3) is 6.08 Å². The van der Waals surface area contributed by atoms with Crippen LogP contribution < -0.4 is 4.90 Å². The van der Waals surface area contributed by atoms with Gasteiger partial charge in [-0.25, -0.2) is 0 Å². The highest BCUT2D eigenvalue weighted by Crippen LogP contribution is 2.34. The summed E-state index contributed by atoms with van der Waals surface area (Å²) in [6.45, 7) is 10.7. The Labute approximate surface area is 152 Å². The molecule has 2 saturated heterocycles. The monoisotopic (exact) mass is 358 g/mol. The molecule has 0 spiro atoms. The average Bonchev–Trinajstić information content (AvgIpc) is 2.90. The van der Waals surface area contributed by atoms with Gasteiger partial charge < -0.3 is 9.64 Å². The molecule has 0 radical (unpaired) electrons. The summed E-state index contributed by atoms with van der Waals surface area (Å²) < 4.78 is 5.39. The van der Waals surface area contributed by atoms with Crippen molar-refractivity contribution in [3.05, 3.63) is 46.9 Å². The molecule has 6 heteroatoms. The van der Waals surface area contributed by atoms with Crippen LogP contribution in [0.2, 0.25) is 0 Å². The zero-order valence-corrected chi connectivity index (χ0v) is 15.3. The van der Waals surface area contributed by atoms with E-state index in [1.54, 1.807) is 19.1 Å². The Balaban J connectivity index is 1.82. The summed E-state index contributed by atoms with van der Waals surface area (Å²) >= 11 is 0.985. The lowest BCUT2D eigenvalue weighted by atomic mass is 10.1. The maximum Gasteiger partial charge on any atom is 0.294 e. The molecule has 0 saturated carbocycles. The lowest BCUT2D eigenvalue weighted by Crippen LogP contribution is -2.36. The van der Waals surface area contributed by atoms with E-state index in [0.717, 1.165) is 54.9 Å². The molecule has 2 heterocycles. The summed E-state index contributed by atoms with van der Waals surface area (Å²) in [5.74, 6) is -0.251. The Hall–Kier alpha value is -2.05. The third kappa shape index (κ3) is 3.65. The van der Waals surface area contributed by atoms with E-state index in [0.29, 0.717) is 4.91 Å². The molecule has 0 aliphatic carbocycles. The van der Waals surface area contributed by atoms with Gasteiger partial charge >= 0.3 is 0 Å². The Morgan fingerprint density at radius 2 is 2.00 bits per heavy atom. The maximum absolute atomic E-state index is 12.5. The van der Waals surface area contributed by atoms with Crippen molar-refractivity contribution in [3.8, 4) is 0 Å². The highest BCUT2D eigenvalue weighted by Gasteiger charge is 2.37. The van der Waals surface area contributed by atoms with Gasteiger partial charge in [-0.2, -0.15) is 0 Å². The molecule has 2 aliphatic heterocycles. The zero-order valence-electron chi connectivity index (χ0n) is 14.5. The minimum atomic E-state index is -0.303. The molecule has 0 aromatic heterocycles. The van der Waals surface area contributed by atoms with Gasteiger partial charge in [0.05, 0.1) is 24.2 Å². The number of amides is 2. The molecule has 1 aromatic carbocycles. The molecule has 5 nitrogen and oxygen atoms in total. The number of carbonyl (C=O) groups excluding carboxylic acids is 2. The fourth-order valence-electron chi connectivity index (χ4n) is 2.92. The SMILES string of the molecule is C=C[C@@H](C)N1C(=O)S/C(=C/c2ccc(N3CCOCC3)cc2C)C1=O. The Bertz CT molecular complexity index is 738. The number of nitrogens with zero attached hydrogens (tertiary/aromatic N) is 2. The molecule has 25 heavy (non-hydrogen) atoms. The first kappa shape index (κ1) is 17.8. The summed E-state index contributed by atoms with van der Waals surface area (Å²) in [7, 11) is 0. The number of ether oxygens (including phenoxy) is 1. The van der Waals surface area contributed by atoms with E-state index in [9.17, 15) is 9.59 Å². The summed E-state index contributed by atoms with van der Waals surface area (Å²) in [6, 6.07) is 5.88. The molecule has 3 rings (SSSR count). The van der Waals surface area contributed by atoms with Gasteiger partial charge in [0.25, 0.3) is 11.1 Å². The zero-order chi connectivity index (χ0) is 18.0. The fraction of sp³-hybridized carbons (Fsp3) is 0.368. The summed E-state index contributed by atoms with van der Waals surface area (Å²) in [5, 5.41) is -0.244. The average molecular weight is 358 g/mol. The minimum Gasteiger partial charge on any atom is -0.378 e. The molecule has 0 unspecified atom stereocenters. The molecule has 0 N–H and O–H groups in total. The van der Waals surface area contributed by atoms with Crippen LogP contribution in [0.4, 0.5) is 10.5 Å². The van der Waals surface area contributed by atoms with Gasteiger partial charge in [0.15, 0.2) is 0 Å². The van der Waals surface area contributed by atoms with E-state index in [1.807, 2.05) is 13.0 Å². The van der Waals surface area contributed by atoms with Crippen molar-refractivity contribution < 1.29 is 14.3 Å². The molecule has 2 amide bonds. The van der Waals surface area contributed by atoms with Crippen molar-refractivity contribution in [2.45, 2.75) is 19.9 Å². The van der Waals surface area contributed by atoms with Crippen LogP contribution in [0.15, 0.2) is 35.8 Å². The predicted octanol–water partition coefficient (Wildman–Crippen LogP) is 3.44. The summed E-state index contributed by atoms with van der Waals surface area (Å²) in [6.07, 6.45) is 3.40. The minimum absolute atomic E-state index is 0.244. The van der Waals surface area contributed by atoms with Crippen LogP contribution in [-0.2, 0) is 9.53 Å². The molecule has 132 valence electrons. The number of hydrogen-bond donors (Lipinski definition) is 0. The van der Waals surface area contributed by atoms with Crippen molar-refractivity contribution in [2.24, 2.45) is 0 Å². The Morgan fingerprint density at radius 1 is 1.28 bits per heavy atom. The second-order valence-electron chi connectivity index (χ2n) is 6.17. The molecule has 0 bridgehead atoms. The first-order valence-corrected chi connectivity index (χ1v) is 9.16. The Kier molecular flexibility index (Phi) is 5.30. The standard InChI is InChI=1S/C19H22N2O3S/c1-4-14(3)21-18(22)17(25-19(21)23)12-15-5-6-16(11-13(15)2)20-7-9-24-10-8-20/h4-6,11-12,14H,1,7-10H2,2-3H3/b17-12+/t14-/m1/s1. The number of hydrogen-bond acceptors (Lipinski definition) is 5. The highest BCUT2D eigenvalue weighted by molar-refractivity contribution is 8.18. The molecule has 2 aliphatic rings. The van der Waals surface area contributed by atoms with Gasteiger partial charge in [-0.3, -0.25) is 14.5 Å². The first-order chi connectivity index (χ1) is 12.0. The van der Waals surface area contributed by atoms with E-state index in [1.165, 1.54) is 4.90 Å². The Morgan fingerprint density at radius 3 is 2.64 bits per heavy atom. The predicted molar refractivity (Wildman–Crippen MR) is 102 cm³/mol. The van der Waals surface area contributed by atoms with Crippen LogP contribution in [-0.4, -0.2) is 48.4 Å².